The zero-order valence-electron chi connectivity index (χ0n) is 13.0. The third-order valence-corrected chi connectivity index (χ3v) is 2.93. The molecule has 1 rings (SSSR count). The van der Waals surface area contributed by atoms with E-state index in [0.29, 0.717) is 12.4 Å². The van der Waals surface area contributed by atoms with Crippen LogP contribution in [0.4, 0.5) is 0 Å². The third kappa shape index (κ3) is 5.84. The summed E-state index contributed by atoms with van der Waals surface area (Å²) < 4.78 is 10.2. The van der Waals surface area contributed by atoms with Crippen LogP contribution in [0.25, 0.3) is 0 Å². The Morgan fingerprint density at radius 2 is 2.10 bits per heavy atom. The molecule has 1 heterocycles. The summed E-state index contributed by atoms with van der Waals surface area (Å²) in [5.74, 6) is 5.82. The zero-order valence-corrected chi connectivity index (χ0v) is 13.0. The molecule has 1 unspecified atom stereocenters. The normalized spacial score (nSPS) is 11.5. The number of nitrogens with zero attached hydrogens (tertiary/aromatic N) is 2. The number of carbonyl (C=O) groups excluding carboxylic acids is 1. The van der Waals surface area contributed by atoms with Crippen LogP contribution in [0.5, 0.6) is 5.88 Å². The molecule has 0 aromatic carbocycles. The van der Waals surface area contributed by atoms with Gasteiger partial charge in [-0.3, -0.25) is 4.90 Å². The summed E-state index contributed by atoms with van der Waals surface area (Å²) in [6.45, 7) is 8.49. The minimum Gasteiger partial charge on any atom is -0.481 e. The predicted octanol–water partition coefficient (Wildman–Crippen LogP) is 1.98. The molecule has 0 aliphatic heterocycles. The van der Waals surface area contributed by atoms with Crippen LogP contribution in [0.2, 0.25) is 0 Å². The van der Waals surface area contributed by atoms with Crippen molar-refractivity contribution in [2.75, 3.05) is 26.7 Å². The molecule has 0 aliphatic carbocycles. The Morgan fingerprint density at radius 1 is 1.38 bits per heavy atom. The second-order valence-corrected chi connectivity index (χ2v) is 4.40. The van der Waals surface area contributed by atoms with Crippen LogP contribution < -0.4 is 4.74 Å². The molecule has 1 aromatic heterocycles. The lowest BCUT2D eigenvalue weighted by Gasteiger charge is -2.13. The maximum absolute atomic E-state index is 11.9. The van der Waals surface area contributed by atoms with Gasteiger partial charge >= 0.3 is 5.97 Å². The van der Waals surface area contributed by atoms with Crippen molar-refractivity contribution in [2.24, 2.45) is 0 Å². The Balaban J connectivity index is 2.56. The number of aromatic nitrogens is 1. The molecule has 114 valence electrons. The average molecular weight is 290 g/mol. The average Bonchev–Trinajstić information content (AvgIpc) is 2.51. The summed E-state index contributed by atoms with van der Waals surface area (Å²) in [6.07, 6.45) is -0.471. The van der Waals surface area contributed by atoms with E-state index in [1.165, 1.54) is 7.11 Å². The highest BCUT2D eigenvalue weighted by molar-refractivity contribution is 5.87. The van der Waals surface area contributed by atoms with Gasteiger partial charge in [0.2, 0.25) is 5.88 Å². The summed E-state index contributed by atoms with van der Waals surface area (Å²) in [5.41, 5.74) is 0.215. The number of pyridine rings is 1. The van der Waals surface area contributed by atoms with Gasteiger partial charge in [0, 0.05) is 6.07 Å². The molecule has 0 N–H and O–H groups in total. The lowest BCUT2D eigenvalue weighted by Crippen LogP contribution is -2.23. The Morgan fingerprint density at radius 3 is 2.71 bits per heavy atom. The lowest BCUT2D eigenvalue weighted by atomic mass is 10.3. The van der Waals surface area contributed by atoms with E-state index in [0.717, 1.165) is 13.1 Å². The maximum Gasteiger partial charge on any atom is 0.358 e. The van der Waals surface area contributed by atoms with Gasteiger partial charge in [0.05, 0.1) is 13.7 Å². The number of hydrogen-bond donors (Lipinski definition) is 0. The van der Waals surface area contributed by atoms with E-state index >= 15 is 0 Å². The fourth-order valence-corrected chi connectivity index (χ4v) is 1.64. The first-order chi connectivity index (χ1) is 10.1. The zero-order chi connectivity index (χ0) is 15.7. The standard InChI is InChI=1S/C16H22N2O3/c1-5-18(6-2)12-8-9-13(3)21-16(19)14-10-7-11-15(17-14)20-4/h7,10-11,13H,5-6,12H2,1-4H3. The molecule has 1 atom stereocenters. The Hall–Kier alpha value is -2.06. The van der Waals surface area contributed by atoms with Crippen molar-refractivity contribution in [1.29, 1.82) is 0 Å². The molecule has 5 nitrogen and oxygen atoms in total. The second-order valence-electron chi connectivity index (χ2n) is 4.40. The highest BCUT2D eigenvalue weighted by Crippen LogP contribution is 2.08. The van der Waals surface area contributed by atoms with E-state index in [4.69, 9.17) is 9.47 Å². The van der Waals surface area contributed by atoms with Crippen molar-refractivity contribution in [3.63, 3.8) is 0 Å². The minimum absolute atomic E-state index is 0.215. The Labute approximate surface area is 126 Å². The number of methoxy groups -OCH3 is 1. The van der Waals surface area contributed by atoms with Gasteiger partial charge in [0.15, 0.2) is 11.8 Å². The topological polar surface area (TPSA) is 51.7 Å². The first-order valence-electron chi connectivity index (χ1n) is 7.03. The third-order valence-electron chi connectivity index (χ3n) is 2.93. The Bertz CT molecular complexity index is 516. The SMILES string of the molecule is CCN(CC)CC#CC(C)OC(=O)c1cccc(OC)n1. The van der Waals surface area contributed by atoms with Crippen LogP contribution >= 0.6 is 0 Å². The van der Waals surface area contributed by atoms with Crippen LogP contribution in [0.3, 0.4) is 0 Å². The summed E-state index contributed by atoms with van der Waals surface area (Å²) in [7, 11) is 1.50. The molecule has 0 saturated carbocycles. The fourth-order valence-electron chi connectivity index (χ4n) is 1.64. The van der Waals surface area contributed by atoms with Crippen LogP contribution in [-0.4, -0.2) is 48.7 Å². The molecule has 0 amide bonds. The first-order valence-corrected chi connectivity index (χ1v) is 7.03. The second kappa shape index (κ2) is 8.98. The lowest BCUT2D eigenvalue weighted by molar-refractivity contribution is 0.0430. The molecule has 5 heteroatoms. The molecule has 21 heavy (non-hydrogen) atoms. The number of carbonyl (C=O) groups is 1. The van der Waals surface area contributed by atoms with Crippen LogP contribution in [0.1, 0.15) is 31.3 Å². The summed E-state index contributed by atoms with van der Waals surface area (Å²) in [4.78, 5) is 18.1. The van der Waals surface area contributed by atoms with Gasteiger partial charge in [-0.25, -0.2) is 9.78 Å². The smallest absolute Gasteiger partial charge is 0.358 e. The molecular formula is C16H22N2O3. The quantitative estimate of drug-likeness (QED) is 0.592. The summed E-state index contributed by atoms with van der Waals surface area (Å²) >= 11 is 0. The van der Waals surface area contributed by atoms with Gasteiger partial charge in [0.1, 0.15) is 0 Å². The van der Waals surface area contributed by atoms with Crippen molar-refractivity contribution in [1.82, 2.24) is 9.88 Å². The van der Waals surface area contributed by atoms with Gasteiger partial charge in [-0.2, -0.15) is 0 Å². The number of ether oxygens (including phenoxy) is 2. The van der Waals surface area contributed by atoms with Crippen LogP contribution in [0, 0.1) is 11.8 Å². The van der Waals surface area contributed by atoms with E-state index in [9.17, 15) is 4.79 Å². The Kier molecular flexibility index (Phi) is 7.27. The molecule has 0 radical (unpaired) electrons. The van der Waals surface area contributed by atoms with Crippen molar-refractivity contribution < 1.29 is 14.3 Å². The van der Waals surface area contributed by atoms with Gasteiger partial charge < -0.3 is 9.47 Å². The fraction of sp³-hybridized carbons (Fsp3) is 0.500. The van der Waals surface area contributed by atoms with E-state index in [2.05, 4.69) is 35.6 Å². The van der Waals surface area contributed by atoms with Crippen molar-refractivity contribution >= 4 is 5.97 Å². The van der Waals surface area contributed by atoms with E-state index in [1.807, 2.05) is 0 Å². The van der Waals surface area contributed by atoms with E-state index in [1.54, 1.807) is 25.1 Å². The molecule has 0 spiro atoms. The van der Waals surface area contributed by atoms with Crippen molar-refractivity contribution in [2.45, 2.75) is 26.9 Å². The number of esters is 1. The van der Waals surface area contributed by atoms with E-state index in [-0.39, 0.29) is 5.69 Å². The monoisotopic (exact) mass is 290 g/mol. The highest BCUT2D eigenvalue weighted by Gasteiger charge is 2.12. The minimum atomic E-state index is -0.501. The van der Waals surface area contributed by atoms with Gasteiger partial charge in [-0.15, -0.1) is 0 Å². The largest absolute Gasteiger partial charge is 0.481 e. The molecule has 0 bridgehead atoms. The highest BCUT2D eigenvalue weighted by atomic mass is 16.5. The van der Waals surface area contributed by atoms with Gasteiger partial charge in [-0.05, 0) is 26.1 Å². The maximum atomic E-state index is 11.9. The molecular weight excluding hydrogens is 268 g/mol. The molecule has 0 aliphatic rings. The van der Waals surface area contributed by atoms with Crippen molar-refractivity contribution in [3.05, 3.63) is 23.9 Å². The summed E-state index contributed by atoms with van der Waals surface area (Å²) in [6, 6.07) is 4.95. The number of rotatable bonds is 6. The first kappa shape index (κ1) is 17.0. The van der Waals surface area contributed by atoms with Crippen LogP contribution in [-0.2, 0) is 4.74 Å². The van der Waals surface area contributed by atoms with Crippen molar-refractivity contribution in [3.8, 4) is 17.7 Å². The molecule has 0 fully saturated rings. The molecule has 0 saturated heterocycles. The molecule has 1 aromatic rings. The van der Waals surface area contributed by atoms with E-state index < -0.39 is 12.1 Å². The van der Waals surface area contributed by atoms with Crippen LogP contribution in [0.15, 0.2) is 18.2 Å². The van der Waals surface area contributed by atoms with Gasteiger partial charge in [0.25, 0.3) is 0 Å². The predicted molar refractivity (Wildman–Crippen MR) is 81.2 cm³/mol. The summed E-state index contributed by atoms with van der Waals surface area (Å²) in [5, 5.41) is 0. The number of hydrogen-bond acceptors (Lipinski definition) is 5. The van der Waals surface area contributed by atoms with Gasteiger partial charge in [-0.1, -0.05) is 31.8 Å².